The van der Waals surface area contributed by atoms with Gasteiger partial charge >= 0.3 is 0 Å². The molecule has 18 heavy (non-hydrogen) atoms. The van der Waals surface area contributed by atoms with Crippen LogP contribution in [-0.4, -0.2) is 49.1 Å². The summed E-state index contributed by atoms with van der Waals surface area (Å²) in [7, 11) is 0. The van der Waals surface area contributed by atoms with Crippen LogP contribution in [0.4, 0.5) is 0 Å². The van der Waals surface area contributed by atoms with E-state index < -0.39 is 0 Å². The quantitative estimate of drug-likeness (QED) is 0.799. The first kappa shape index (κ1) is 14.7. The molecule has 106 valence electrons. The van der Waals surface area contributed by atoms with Gasteiger partial charge in [-0.05, 0) is 30.7 Å². The second kappa shape index (κ2) is 7.16. The van der Waals surface area contributed by atoms with Crippen LogP contribution in [0, 0.1) is 11.3 Å². The smallest absolute Gasteiger partial charge is 0.00729 e. The maximum Gasteiger partial charge on any atom is 0.00729 e. The zero-order valence-electron chi connectivity index (χ0n) is 12.2. The van der Waals surface area contributed by atoms with Crippen molar-refractivity contribution >= 4 is 11.8 Å². The molecule has 0 unspecified atom stereocenters. The van der Waals surface area contributed by atoms with Crippen molar-refractivity contribution in [1.82, 2.24) is 10.2 Å². The highest BCUT2D eigenvalue weighted by Crippen LogP contribution is 2.38. The third-order valence-corrected chi connectivity index (χ3v) is 5.32. The van der Waals surface area contributed by atoms with E-state index in [1.165, 1.54) is 69.9 Å². The molecule has 0 radical (unpaired) electrons. The van der Waals surface area contributed by atoms with Gasteiger partial charge in [0.05, 0.1) is 0 Å². The van der Waals surface area contributed by atoms with Crippen LogP contribution in [-0.2, 0) is 0 Å². The highest BCUT2D eigenvalue weighted by atomic mass is 32.2. The standard InChI is InChI=1S/C15H30N2S/c1-14(2)11-16-12-15(5-3-4-6-15)13-17-7-9-18-10-8-17/h14,16H,3-13H2,1-2H3. The molecule has 1 aliphatic carbocycles. The second-order valence-corrected chi connectivity index (χ2v) is 7.85. The van der Waals surface area contributed by atoms with Crippen molar-refractivity contribution in [3.63, 3.8) is 0 Å². The number of nitrogens with zero attached hydrogens (tertiary/aromatic N) is 1. The molecule has 0 amide bonds. The van der Waals surface area contributed by atoms with Crippen LogP contribution in [0.3, 0.4) is 0 Å². The van der Waals surface area contributed by atoms with E-state index in [0.29, 0.717) is 5.41 Å². The summed E-state index contributed by atoms with van der Waals surface area (Å²) in [5.41, 5.74) is 0.594. The fourth-order valence-electron chi connectivity index (χ4n) is 3.38. The van der Waals surface area contributed by atoms with E-state index in [9.17, 15) is 0 Å². The fourth-order valence-corrected chi connectivity index (χ4v) is 4.35. The van der Waals surface area contributed by atoms with Crippen LogP contribution in [0.15, 0.2) is 0 Å². The van der Waals surface area contributed by atoms with Crippen molar-refractivity contribution in [3.05, 3.63) is 0 Å². The molecule has 1 saturated heterocycles. The molecule has 2 rings (SSSR count). The number of hydrogen-bond acceptors (Lipinski definition) is 3. The zero-order chi connectivity index (χ0) is 12.8. The summed E-state index contributed by atoms with van der Waals surface area (Å²) in [5, 5.41) is 3.73. The lowest BCUT2D eigenvalue weighted by molar-refractivity contribution is 0.158. The Hall–Kier alpha value is 0.270. The fraction of sp³-hybridized carbons (Fsp3) is 1.00. The summed E-state index contributed by atoms with van der Waals surface area (Å²) in [6.07, 6.45) is 5.79. The summed E-state index contributed by atoms with van der Waals surface area (Å²) >= 11 is 2.12. The highest BCUT2D eigenvalue weighted by Gasteiger charge is 2.35. The van der Waals surface area contributed by atoms with Crippen molar-refractivity contribution in [1.29, 1.82) is 0 Å². The van der Waals surface area contributed by atoms with Crippen LogP contribution in [0.1, 0.15) is 39.5 Å². The van der Waals surface area contributed by atoms with Crippen LogP contribution in [0.2, 0.25) is 0 Å². The minimum Gasteiger partial charge on any atom is -0.316 e. The Bertz CT molecular complexity index is 231. The van der Waals surface area contributed by atoms with E-state index in [0.717, 1.165) is 5.92 Å². The first-order chi connectivity index (χ1) is 8.70. The lowest BCUT2D eigenvalue weighted by Crippen LogP contribution is -2.45. The molecular weight excluding hydrogens is 240 g/mol. The first-order valence-electron chi connectivity index (χ1n) is 7.71. The van der Waals surface area contributed by atoms with Gasteiger partial charge in [-0.15, -0.1) is 0 Å². The molecule has 0 bridgehead atoms. The molecule has 2 fully saturated rings. The van der Waals surface area contributed by atoms with Gasteiger partial charge < -0.3 is 10.2 Å². The molecule has 1 N–H and O–H groups in total. The van der Waals surface area contributed by atoms with Crippen LogP contribution >= 0.6 is 11.8 Å². The molecular formula is C15H30N2S. The van der Waals surface area contributed by atoms with E-state index in [-0.39, 0.29) is 0 Å². The Morgan fingerprint density at radius 3 is 2.44 bits per heavy atom. The molecule has 0 atom stereocenters. The molecule has 1 heterocycles. The maximum absolute atomic E-state index is 3.73. The predicted molar refractivity (Wildman–Crippen MR) is 82.4 cm³/mol. The third-order valence-electron chi connectivity index (χ3n) is 4.38. The molecule has 3 heteroatoms. The van der Waals surface area contributed by atoms with Gasteiger partial charge in [-0.25, -0.2) is 0 Å². The zero-order valence-corrected chi connectivity index (χ0v) is 13.0. The van der Waals surface area contributed by atoms with E-state index in [1.807, 2.05) is 0 Å². The summed E-state index contributed by atoms with van der Waals surface area (Å²) in [5.74, 6) is 3.46. The van der Waals surface area contributed by atoms with E-state index in [4.69, 9.17) is 0 Å². The Balaban J connectivity index is 1.81. The van der Waals surface area contributed by atoms with Crippen molar-refractivity contribution in [2.75, 3.05) is 44.2 Å². The van der Waals surface area contributed by atoms with E-state index >= 15 is 0 Å². The second-order valence-electron chi connectivity index (χ2n) is 6.62. The average Bonchev–Trinajstić information content (AvgIpc) is 2.78. The Labute approximate surface area is 117 Å². The van der Waals surface area contributed by atoms with Crippen LogP contribution in [0.5, 0.6) is 0 Å². The van der Waals surface area contributed by atoms with E-state index in [1.54, 1.807) is 0 Å². The Morgan fingerprint density at radius 1 is 1.17 bits per heavy atom. The minimum atomic E-state index is 0.594. The topological polar surface area (TPSA) is 15.3 Å². The van der Waals surface area contributed by atoms with Crippen LogP contribution < -0.4 is 5.32 Å². The van der Waals surface area contributed by atoms with Gasteiger partial charge in [0, 0.05) is 37.7 Å². The number of thioether (sulfide) groups is 1. The van der Waals surface area contributed by atoms with Gasteiger partial charge in [0.25, 0.3) is 0 Å². The van der Waals surface area contributed by atoms with Gasteiger partial charge in [0.2, 0.25) is 0 Å². The molecule has 2 aliphatic rings. The van der Waals surface area contributed by atoms with Gasteiger partial charge in [-0.1, -0.05) is 26.7 Å². The number of hydrogen-bond donors (Lipinski definition) is 1. The summed E-state index contributed by atoms with van der Waals surface area (Å²) in [4.78, 5) is 2.72. The molecule has 2 nitrogen and oxygen atoms in total. The summed E-state index contributed by atoms with van der Waals surface area (Å²) in [6, 6.07) is 0. The number of nitrogens with one attached hydrogen (secondary N) is 1. The van der Waals surface area contributed by atoms with Gasteiger partial charge in [-0.3, -0.25) is 0 Å². The van der Waals surface area contributed by atoms with Crippen molar-refractivity contribution in [2.45, 2.75) is 39.5 Å². The van der Waals surface area contributed by atoms with Gasteiger partial charge in [-0.2, -0.15) is 11.8 Å². The normalized spacial score (nSPS) is 24.8. The largest absolute Gasteiger partial charge is 0.316 e. The maximum atomic E-state index is 3.73. The Kier molecular flexibility index (Phi) is 5.84. The predicted octanol–water partition coefficient (Wildman–Crippen LogP) is 2.84. The highest BCUT2D eigenvalue weighted by molar-refractivity contribution is 7.99. The lowest BCUT2D eigenvalue weighted by Gasteiger charge is -2.37. The molecule has 0 aromatic rings. The summed E-state index contributed by atoms with van der Waals surface area (Å²) < 4.78 is 0. The van der Waals surface area contributed by atoms with E-state index in [2.05, 4.69) is 35.8 Å². The molecule has 0 spiro atoms. The third kappa shape index (κ3) is 4.43. The van der Waals surface area contributed by atoms with Crippen LogP contribution in [0.25, 0.3) is 0 Å². The molecule has 1 saturated carbocycles. The first-order valence-corrected chi connectivity index (χ1v) is 8.87. The lowest BCUT2D eigenvalue weighted by atomic mass is 9.85. The van der Waals surface area contributed by atoms with Crippen molar-refractivity contribution in [2.24, 2.45) is 11.3 Å². The Morgan fingerprint density at radius 2 is 1.83 bits per heavy atom. The van der Waals surface area contributed by atoms with Crippen molar-refractivity contribution in [3.8, 4) is 0 Å². The number of rotatable bonds is 6. The monoisotopic (exact) mass is 270 g/mol. The summed E-state index contributed by atoms with van der Waals surface area (Å²) in [6.45, 7) is 11.0. The SMILES string of the molecule is CC(C)CNCC1(CN2CCSCC2)CCCC1. The van der Waals surface area contributed by atoms with Gasteiger partial charge in [0.15, 0.2) is 0 Å². The molecule has 0 aromatic carbocycles. The average molecular weight is 270 g/mol. The molecule has 1 aliphatic heterocycles. The van der Waals surface area contributed by atoms with Gasteiger partial charge in [0.1, 0.15) is 0 Å². The van der Waals surface area contributed by atoms with Crippen molar-refractivity contribution < 1.29 is 0 Å². The molecule has 0 aromatic heterocycles. The minimum absolute atomic E-state index is 0.594.